The minimum atomic E-state index is -0.580. The number of H-pyrrole nitrogens is 1. The van der Waals surface area contributed by atoms with Crippen LogP contribution in [0.4, 0.5) is 4.39 Å². The molecule has 0 unspecified atom stereocenters. The molecule has 4 nitrogen and oxygen atoms in total. The molecular formula is C18H20FN3OS. The smallest absolute Gasteiger partial charge is 0.258 e. The number of nitriles is 1. The van der Waals surface area contributed by atoms with Crippen molar-refractivity contribution in [2.24, 2.45) is 0 Å². The number of nitrogens with one attached hydrogen (secondary N) is 1. The van der Waals surface area contributed by atoms with Gasteiger partial charge in [0, 0.05) is 23.9 Å². The highest BCUT2D eigenvalue weighted by atomic mass is 32.1. The molecule has 0 amide bonds. The first-order valence-corrected chi connectivity index (χ1v) is 7.95. The predicted octanol–water partition coefficient (Wildman–Crippen LogP) is 4.41. The molecule has 24 heavy (non-hydrogen) atoms. The summed E-state index contributed by atoms with van der Waals surface area (Å²) in [6.07, 6.45) is 1.40. The van der Waals surface area contributed by atoms with Crippen LogP contribution >= 0.6 is 12.2 Å². The van der Waals surface area contributed by atoms with E-state index >= 15 is 0 Å². The van der Waals surface area contributed by atoms with Gasteiger partial charge < -0.3 is 4.98 Å². The zero-order valence-electron chi connectivity index (χ0n) is 14.0. The summed E-state index contributed by atoms with van der Waals surface area (Å²) in [7, 11) is 0. The standard InChI is InChI=1S/C15H12FN3OS.C3H8/c1-9(2)19-13(20)7-12(18-15(19)21)6-10-4-3-5-11(8-17)14(10)16;1-3-2/h3-5,7H,1,6H2,2H3,(H,18,21);3H2,1-2H3. The van der Waals surface area contributed by atoms with Crippen molar-refractivity contribution >= 4 is 17.9 Å². The van der Waals surface area contributed by atoms with Gasteiger partial charge in [-0.3, -0.25) is 9.36 Å². The third-order valence-electron chi connectivity index (χ3n) is 2.95. The first-order valence-electron chi connectivity index (χ1n) is 7.54. The lowest BCUT2D eigenvalue weighted by molar-refractivity contribution is 0.609. The van der Waals surface area contributed by atoms with Crippen molar-refractivity contribution in [2.75, 3.05) is 0 Å². The molecule has 0 saturated heterocycles. The second-order valence-corrected chi connectivity index (χ2v) is 5.67. The maximum atomic E-state index is 14.0. The Labute approximate surface area is 145 Å². The van der Waals surface area contributed by atoms with Gasteiger partial charge in [0.05, 0.1) is 5.56 Å². The lowest BCUT2D eigenvalue weighted by Gasteiger charge is -2.08. The summed E-state index contributed by atoms with van der Waals surface area (Å²) in [5.74, 6) is -0.580. The van der Waals surface area contributed by atoms with Crippen LogP contribution in [0.2, 0.25) is 0 Å². The Morgan fingerprint density at radius 2 is 2.08 bits per heavy atom. The van der Waals surface area contributed by atoms with E-state index in [-0.39, 0.29) is 22.3 Å². The number of aromatic nitrogens is 2. The minimum Gasteiger partial charge on any atom is -0.335 e. The Kier molecular flexibility index (Phi) is 7.28. The lowest BCUT2D eigenvalue weighted by atomic mass is 10.1. The number of benzene rings is 1. The van der Waals surface area contributed by atoms with Crippen LogP contribution in [0, 0.1) is 21.9 Å². The lowest BCUT2D eigenvalue weighted by Crippen LogP contribution is -2.20. The van der Waals surface area contributed by atoms with E-state index in [4.69, 9.17) is 17.5 Å². The van der Waals surface area contributed by atoms with Gasteiger partial charge in [-0.15, -0.1) is 0 Å². The summed E-state index contributed by atoms with van der Waals surface area (Å²) in [5, 5.41) is 8.82. The minimum absolute atomic E-state index is 0.0265. The van der Waals surface area contributed by atoms with Gasteiger partial charge >= 0.3 is 0 Å². The monoisotopic (exact) mass is 345 g/mol. The van der Waals surface area contributed by atoms with Crippen molar-refractivity contribution in [2.45, 2.75) is 33.6 Å². The number of hydrogen-bond donors (Lipinski definition) is 1. The Balaban J connectivity index is 0.000000891. The Morgan fingerprint density at radius 3 is 2.58 bits per heavy atom. The van der Waals surface area contributed by atoms with Gasteiger partial charge in [0.1, 0.15) is 11.9 Å². The van der Waals surface area contributed by atoms with Crippen LogP contribution in [0.15, 0.2) is 35.6 Å². The highest BCUT2D eigenvalue weighted by molar-refractivity contribution is 7.71. The maximum absolute atomic E-state index is 14.0. The summed E-state index contributed by atoms with van der Waals surface area (Å²) in [5.41, 5.74) is 0.966. The number of nitrogens with zero attached hydrogens (tertiary/aromatic N) is 2. The predicted molar refractivity (Wildman–Crippen MR) is 96.8 cm³/mol. The van der Waals surface area contributed by atoms with Gasteiger partial charge in [-0.2, -0.15) is 5.26 Å². The normalized spacial score (nSPS) is 9.62. The van der Waals surface area contributed by atoms with E-state index in [0.717, 1.165) is 0 Å². The first kappa shape index (κ1) is 19.5. The zero-order chi connectivity index (χ0) is 18.3. The van der Waals surface area contributed by atoms with E-state index in [1.807, 2.05) is 0 Å². The van der Waals surface area contributed by atoms with E-state index in [2.05, 4.69) is 25.4 Å². The van der Waals surface area contributed by atoms with Crippen molar-refractivity contribution in [3.8, 4) is 6.07 Å². The topological polar surface area (TPSA) is 61.6 Å². The Hall–Kier alpha value is -2.52. The number of allylic oxidation sites excluding steroid dienone is 1. The van der Waals surface area contributed by atoms with Crippen molar-refractivity contribution in [3.05, 3.63) is 68.6 Å². The average Bonchev–Trinajstić information content (AvgIpc) is 2.49. The molecule has 0 atom stereocenters. The van der Waals surface area contributed by atoms with Crippen LogP contribution in [0.3, 0.4) is 0 Å². The molecule has 1 N–H and O–H groups in total. The van der Waals surface area contributed by atoms with E-state index < -0.39 is 5.82 Å². The highest BCUT2D eigenvalue weighted by Gasteiger charge is 2.10. The van der Waals surface area contributed by atoms with E-state index in [9.17, 15) is 9.18 Å². The third kappa shape index (κ3) is 4.74. The Morgan fingerprint density at radius 1 is 1.46 bits per heavy atom. The summed E-state index contributed by atoms with van der Waals surface area (Å²) < 4.78 is 15.5. The largest absolute Gasteiger partial charge is 0.335 e. The molecule has 1 aromatic heterocycles. The van der Waals surface area contributed by atoms with Crippen LogP contribution < -0.4 is 5.56 Å². The SMILES string of the molecule is C=C(C)n1c(=O)cc(Cc2cccc(C#N)c2F)[nH]c1=S.CCC. The summed E-state index contributed by atoms with van der Waals surface area (Å²) in [4.78, 5) is 14.8. The van der Waals surface area contributed by atoms with E-state index in [0.29, 0.717) is 17.0 Å². The van der Waals surface area contributed by atoms with Crippen LogP contribution in [0.1, 0.15) is 44.0 Å². The number of rotatable bonds is 3. The van der Waals surface area contributed by atoms with Gasteiger partial charge in [0.2, 0.25) is 0 Å². The molecule has 0 radical (unpaired) electrons. The van der Waals surface area contributed by atoms with Gasteiger partial charge in [-0.25, -0.2) is 4.39 Å². The molecular weight excluding hydrogens is 325 g/mol. The van der Waals surface area contributed by atoms with Crippen molar-refractivity contribution in [1.82, 2.24) is 9.55 Å². The summed E-state index contributed by atoms with van der Waals surface area (Å²) >= 11 is 5.10. The third-order valence-corrected chi connectivity index (χ3v) is 3.24. The van der Waals surface area contributed by atoms with Crippen LogP contribution in [-0.2, 0) is 6.42 Å². The zero-order valence-corrected chi connectivity index (χ0v) is 14.8. The fraction of sp³-hybridized carbons (Fsp3) is 0.278. The summed E-state index contributed by atoms with van der Waals surface area (Å²) in [6.45, 7) is 9.60. The molecule has 126 valence electrons. The molecule has 0 saturated carbocycles. The number of halogens is 1. The molecule has 0 aliphatic carbocycles. The van der Waals surface area contributed by atoms with Gasteiger partial charge in [-0.05, 0) is 30.8 Å². The fourth-order valence-corrected chi connectivity index (χ4v) is 2.38. The molecule has 2 aromatic rings. The quantitative estimate of drug-likeness (QED) is 0.838. The highest BCUT2D eigenvalue weighted by Crippen LogP contribution is 2.15. The maximum Gasteiger partial charge on any atom is 0.258 e. The second kappa shape index (κ2) is 8.94. The molecule has 1 heterocycles. The van der Waals surface area contributed by atoms with E-state index in [1.54, 1.807) is 25.1 Å². The molecule has 0 aliphatic rings. The summed E-state index contributed by atoms with van der Waals surface area (Å²) in [6, 6.07) is 7.70. The van der Waals surface area contributed by atoms with Gasteiger partial charge in [-0.1, -0.05) is 39.0 Å². The van der Waals surface area contributed by atoms with Gasteiger partial charge in [0.15, 0.2) is 4.77 Å². The fourth-order valence-electron chi connectivity index (χ4n) is 2.01. The van der Waals surface area contributed by atoms with Crippen molar-refractivity contribution in [1.29, 1.82) is 5.26 Å². The van der Waals surface area contributed by atoms with Crippen molar-refractivity contribution < 1.29 is 4.39 Å². The average molecular weight is 345 g/mol. The van der Waals surface area contributed by atoms with Crippen LogP contribution in [0.25, 0.3) is 5.70 Å². The number of aromatic amines is 1. The first-order chi connectivity index (χ1) is 11.3. The Bertz CT molecular complexity index is 859. The molecule has 0 aliphatic heterocycles. The second-order valence-electron chi connectivity index (χ2n) is 5.28. The molecule has 1 aromatic carbocycles. The number of hydrogen-bond acceptors (Lipinski definition) is 3. The van der Waals surface area contributed by atoms with Crippen LogP contribution in [-0.4, -0.2) is 9.55 Å². The molecule has 0 bridgehead atoms. The van der Waals surface area contributed by atoms with Crippen molar-refractivity contribution in [3.63, 3.8) is 0 Å². The van der Waals surface area contributed by atoms with Crippen LogP contribution in [0.5, 0.6) is 0 Å². The van der Waals surface area contributed by atoms with E-state index in [1.165, 1.54) is 23.1 Å². The molecule has 0 spiro atoms. The van der Waals surface area contributed by atoms with Gasteiger partial charge in [0.25, 0.3) is 5.56 Å². The molecule has 2 rings (SSSR count). The molecule has 0 fully saturated rings. The molecule has 6 heteroatoms.